The van der Waals surface area contributed by atoms with Crippen molar-refractivity contribution in [1.29, 1.82) is 0 Å². The van der Waals surface area contributed by atoms with Crippen LogP contribution >= 0.6 is 39.7 Å². The molecule has 2 nitrogen and oxygen atoms in total. The molecule has 1 saturated heterocycles. The highest BCUT2D eigenvalue weighted by atomic mass is 79.9. The number of rotatable bonds is 2. The number of nitrogens with zero attached hydrogens (tertiary/aromatic N) is 1. The van der Waals surface area contributed by atoms with E-state index in [4.69, 9.17) is 5.73 Å². The fraction of sp³-hybridized carbons (Fsp3) is 0.600. The van der Waals surface area contributed by atoms with Crippen LogP contribution < -0.4 is 5.73 Å². The van der Waals surface area contributed by atoms with Crippen molar-refractivity contribution in [2.75, 3.05) is 13.1 Å². The van der Waals surface area contributed by atoms with Gasteiger partial charge >= 0.3 is 0 Å². The average molecular weight is 312 g/mol. The minimum absolute atomic E-state index is 0. The molecular weight excluding hydrogens is 296 g/mol. The summed E-state index contributed by atoms with van der Waals surface area (Å²) in [4.78, 5) is 3.87. The van der Waals surface area contributed by atoms with E-state index >= 15 is 0 Å². The Balaban J connectivity index is 0.00000112. The van der Waals surface area contributed by atoms with Crippen molar-refractivity contribution in [2.45, 2.75) is 25.9 Å². The SMILES string of the molecule is Cc1cc(CN2CC[C@H](N)C2)sc1Br.Cl. The fourth-order valence-electron chi connectivity index (χ4n) is 1.83. The third-order valence-electron chi connectivity index (χ3n) is 2.60. The lowest BCUT2D eigenvalue weighted by atomic mass is 10.3. The molecule has 1 aromatic rings. The summed E-state index contributed by atoms with van der Waals surface area (Å²) in [6, 6.07) is 2.65. The van der Waals surface area contributed by atoms with Gasteiger partial charge in [0.15, 0.2) is 0 Å². The number of aryl methyl sites for hydroxylation is 1. The van der Waals surface area contributed by atoms with Crippen LogP contribution in [-0.2, 0) is 6.54 Å². The predicted molar refractivity (Wildman–Crippen MR) is 71.9 cm³/mol. The molecule has 0 amide bonds. The van der Waals surface area contributed by atoms with Gasteiger partial charge in [0, 0.05) is 30.6 Å². The normalized spacial score (nSPS) is 21.7. The Kier molecular flexibility index (Phi) is 5.06. The zero-order valence-corrected chi connectivity index (χ0v) is 11.9. The monoisotopic (exact) mass is 310 g/mol. The number of hydrogen-bond donors (Lipinski definition) is 1. The van der Waals surface area contributed by atoms with Crippen molar-refractivity contribution in [2.24, 2.45) is 5.73 Å². The summed E-state index contributed by atoms with van der Waals surface area (Å²) >= 11 is 5.39. The molecule has 0 unspecified atom stereocenters. The van der Waals surface area contributed by atoms with Gasteiger partial charge in [-0.1, -0.05) is 0 Å². The van der Waals surface area contributed by atoms with Crippen molar-refractivity contribution in [3.05, 3.63) is 20.3 Å². The van der Waals surface area contributed by atoms with Gasteiger partial charge in [-0.15, -0.1) is 23.7 Å². The zero-order valence-electron chi connectivity index (χ0n) is 8.70. The third kappa shape index (κ3) is 3.43. The highest BCUT2D eigenvalue weighted by Crippen LogP contribution is 2.28. The largest absolute Gasteiger partial charge is 0.326 e. The third-order valence-corrected chi connectivity index (χ3v) is 4.72. The van der Waals surface area contributed by atoms with Crippen molar-refractivity contribution in [3.8, 4) is 0 Å². The minimum atomic E-state index is 0. The Labute approximate surface area is 109 Å². The van der Waals surface area contributed by atoms with Gasteiger partial charge in [-0.3, -0.25) is 4.90 Å². The molecule has 0 bridgehead atoms. The first-order valence-electron chi connectivity index (χ1n) is 4.88. The van der Waals surface area contributed by atoms with Gasteiger partial charge < -0.3 is 5.73 Å². The molecule has 15 heavy (non-hydrogen) atoms. The highest BCUT2D eigenvalue weighted by molar-refractivity contribution is 9.11. The smallest absolute Gasteiger partial charge is 0.0730 e. The number of nitrogens with two attached hydrogens (primary N) is 1. The Morgan fingerprint density at radius 3 is 2.87 bits per heavy atom. The van der Waals surface area contributed by atoms with Gasteiger partial charge in [0.1, 0.15) is 0 Å². The molecule has 2 heterocycles. The molecule has 1 aliphatic rings. The molecule has 2 N–H and O–H groups in total. The summed E-state index contributed by atoms with van der Waals surface area (Å²) in [7, 11) is 0. The van der Waals surface area contributed by atoms with E-state index in [2.05, 4.69) is 33.8 Å². The van der Waals surface area contributed by atoms with Crippen LogP contribution in [0.25, 0.3) is 0 Å². The second-order valence-corrected chi connectivity index (χ2v) is 6.41. The molecule has 1 aromatic heterocycles. The summed E-state index contributed by atoms with van der Waals surface area (Å²) in [5, 5.41) is 0. The van der Waals surface area contributed by atoms with Crippen LogP contribution in [0.15, 0.2) is 9.85 Å². The molecule has 0 aliphatic carbocycles. The quantitative estimate of drug-likeness (QED) is 0.910. The minimum Gasteiger partial charge on any atom is -0.326 e. The summed E-state index contributed by atoms with van der Waals surface area (Å²) in [5.74, 6) is 0. The fourth-order valence-corrected chi connectivity index (χ4v) is 3.50. The first-order chi connectivity index (χ1) is 6.65. The first kappa shape index (κ1) is 13.5. The maximum Gasteiger partial charge on any atom is 0.0730 e. The lowest BCUT2D eigenvalue weighted by Gasteiger charge is -2.13. The van der Waals surface area contributed by atoms with Gasteiger partial charge in [-0.25, -0.2) is 0 Å². The zero-order chi connectivity index (χ0) is 10.1. The van der Waals surface area contributed by atoms with Gasteiger partial charge in [-0.05, 0) is 40.9 Å². The van der Waals surface area contributed by atoms with Gasteiger partial charge in [0.05, 0.1) is 3.79 Å². The standard InChI is InChI=1S/C10H15BrN2S.ClH/c1-7-4-9(14-10(7)11)6-13-3-2-8(12)5-13;/h4,8H,2-3,5-6,12H2,1H3;1H/t8-;/m0./s1. The second kappa shape index (κ2) is 5.64. The molecule has 2 rings (SSSR count). The Morgan fingerprint density at radius 2 is 2.40 bits per heavy atom. The van der Waals surface area contributed by atoms with E-state index in [0.29, 0.717) is 6.04 Å². The molecule has 0 radical (unpaired) electrons. The molecule has 5 heteroatoms. The lowest BCUT2D eigenvalue weighted by Crippen LogP contribution is -2.25. The second-order valence-electron chi connectivity index (χ2n) is 3.95. The van der Waals surface area contributed by atoms with Crippen LogP contribution in [0.3, 0.4) is 0 Å². The molecule has 1 atom stereocenters. The Bertz CT molecular complexity index is 310. The van der Waals surface area contributed by atoms with Crippen molar-refractivity contribution < 1.29 is 0 Å². The maximum absolute atomic E-state index is 5.87. The van der Waals surface area contributed by atoms with E-state index in [1.807, 2.05) is 11.3 Å². The summed E-state index contributed by atoms with van der Waals surface area (Å²) in [6.07, 6.45) is 1.14. The van der Waals surface area contributed by atoms with Gasteiger partial charge in [-0.2, -0.15) is 0 Å². The van der Waals surface area contributed by atoms with Crippen LogP contribution in [0.1, 0.15) is 16.9 Å². The number of halogens is 2. The first-order valence-corrected chi connectivity index (χ1v) is 6.49. The van der Waals surface area contributed by atoms with Gasteiger partial charge in [0.2, 0.25) is 0 Å². The number of thiophene rings is 1. The molecule has 0 aromatic carbocycles. The maximum atomic E-state index is 5.87. The van der Waals surface area contributed by atoms with Gasteiger partial charge in [0.25, 0.3) is 0 Å². The number of likely N-dealkylation sites (tertiary alicyclic amines) is 1. The molecular formula is C10H16BrClN2S. The van der Waals surface area contributed by atoms with E-state index in [1.165, 1.54) is 14.2 Å². The van der Waals surface area contributed by atoms with E-state index in [-0.39, 0.29) is 12.4 Å². The van der Waals surface area contributed by atoms with E-state index in [1.54, 1.807) is 0 Å². The van der Waals surface area contributed by atoms with Crippen molar-refractivity contribution in [1.82, 2.24) is 4.90 Å². The van der Waals surface area contributed by atoms with E-state index in [9.17, 15) is 0 Å². The highest BCUT2D eigenvalue weighted by Gasteiger charge is 2.19. The summed E-state index contributed by atoms with van der Waals surface area (Å²) in [5.41, 5.74) is 7.21. The topological polar surface area (TPSA) is 29.3 Å². The van der Waals surface area contributed by atoms with Crippen LogP contribution in [0.4, 0.5) is 0 Å². The molecule has 86 valence electrons. The molecule has 0 saturated carbocycles. The van der Waals surface area contributed by atoms with Crippen molar-refractivity contribution in [3.63, 3.8) is 0 Å². The molecule has 1 fully saturated rings. The van der Waals surface area contributed by atoms with E-state index < -0.39 is 0 Å². The van der Waals surface area contributed by atoms with Crippen LogP contribution in [0, 0.1) is 6.92 Å². The van der Waals surface area contributed by atoms with Crippen LogP contribution in [-0.4, -0.2) is 24.0 Å². The summed E-state index contributed by atoms with van der Waals surface area (Å²) < 4.78 is 1.26. The molecule has 0 spiro atoms. The Morgan fingerprint density at radius 1 is 1.67 bits per heavy atom. The molecule has 1 aliphatic heterocycles. The Hall–Kier alpha value is 0.390. The van der Waals surface area contributed by atoms with Crippen LogP contribution in [0.2, 0.25) is 0 Å². The number of hydrogen-bond acceptors (Lipinski definition) is 3. The average Bonchev–Trinajstić information content (AvgIpc) is 2.62. The lowest BCUT2D eigenvalue weighted by molar-refractivity contribution is 0.330. The van der Waals surface area contributed by atoms with E-state index in [0.717, 1.165) is 26.1 Å². The van der Waals surface area contributed by atoms with Crippen molar-refractivity contribution >= 4 is 39.7 Å². The van der Waals surface area contributed by atoms with Crippen LogP contribution in [0.5, 0.6) is 0 Å². The predicted octanol–water partition coefficient (Wildman–Crippen LogP) is 2.77. The summed E-state index contributed by atoms with van der Waals surface area (Å²) in [6.45, 7) is 5.40.